The summed E-state index contributed by atoms with van der Waals surface area (Å²) >= 11 is 0. The maximum absolute atomic E-state index is 13.7. The van der Waals surface area contributed by atoms with Crippen molar-refractivity contribution >= 4 is 11.8 Å². The molecule has 2 aromatic rings. The minimum Gasteiger partial charge on any atom is -0.494 e. The van der Waals surface area contributed by atoms with Gasteiger partial charge in [0.2, 0.25) is 0 Å². The Balaban J connectivity index is 2.59. The summed E-state index contributed by atoms with van der Waals surface area (Å²) in [5.74, 6) is -2.02. The van der Waals surface area contributed by atoms with Crippen LogP contribution in [0.5, 0.6) is 5.75 Å². The lowest BCUT2D eigenvalue weighted by molar-refractivity contribution is 0.0688. The number of carboxylic acid groups (broad SMARTS) is 1. The molecule has 0 amide bonds. The molecule has 0 fully saturated rings. The number of methoxy groups -OCH3 is 1. The summed E-state index contributed by atoms with van der Waals surface area (Å²) in [4.78, 5) is 22.5. The number of nitrogens with zero attached hydrogens (tertiary/aromatic N) is 1. The third-order valence-corrected chi connectivity index (χ3v) is 2.86. The van der Waals surface area contributed by atoms with Gasteiger partial charge in [-0.25, -0.2) is 9.18 Å². The second-order valence-corrected chi connectivity index (χ2v) is 4.16. The number of ether oxygens (including phenoxy) is 1. The number of halogens is 1. The van der Waals surface area contributed by atoms with E-state index in [0.717, 1.165) is 6.07 Å². The van der Waals surface area contributed by atoms with E-state index in [-0.39, 0.29) is 22.8 Å². The highest BCUT2D eigenvalue weighted by Crippen LogP contribution is 2.22. The lowest BCUT2D eigenvalue weighted by Crippen LogP contribution is -2.06. The van der Waals surface area contributed by atoms with Gasteiger partial charge in [0.1, 0.15) is 5.69 Å². The van der Waals surface area contributed by atoms with Crippen molar-refractivity contribution in [1.29, 1.82) is 0 Å². The number of aromatic carboxylic acids is 1. The first-order valence-corrected chi connectivity index (χ1v) is 5.74. The van der Waals surface area contributed by atoms with Crippen LogP contribution in [0.25, 0.3) is 5.69 Å². The number of ketones is 1. The van der Waals surface area contributed by atoms with Gasteiger partial charge < -0.3 is 14.4 Å². The van der Waals surface area contributed by atoms with Crippen LogP contribution < -0.4 is 4.74 Å². The van der Waals surface area contributed by atoms with E-state index in [4.69, 9.17) is 9.84 Å². The molecule has 1 aromatic heterocycles. The molecule has 5 nitrogen and oxygen atoms in total. The van der Waals surface area contributed by atoms with Crippen LogP contribution in [0.2, 0.25) is 0 Å². The minimum atomic E-state index is -1.20. The van der Waals surface area contributed by atoms with Crippen LogP contribution in [0.3, 0.4) is 0 Å². The molecule has 104 valence electrons. The van der Waals surface area contributed by atoms with E-state index in [9.17, 15) is 14.0 Å². The van der Waals surface area contributed by atoms with Crippen LogP contribution in [0.4, 0.5) is 4.39 Å². The Morgan fingerprint density at radius 2 is 2.00 bits per heavy atom. The van der Waals surface area contributed by atoms with Gasteiger partial charge in [0.05, 0.1) is 7.11 Å². The molecule has 0 saturated heterocycles. The highest BCUT2D eigenvalue weighted by atomic mass is 19.1. The number of carbonyl (C=O) groups excluding carboxylic acids is 1. The van der Waals surface area contributed by atoms with Crippen molar-refractivity contribution in [2.75, 3.05) is 7.11 Å². The summed E-state index contributed by atoms with van der Waals surface area (Å²) in [5, 5.41) is 9.14. The van der Waals surface area contributed by atoms with Gasteiger partial charge in [0.15, 0.2) is 17.3 Å². The van der Waals surface area contributed by atoms with Gasteiger partial charge in [-0.2, -0.15) is 0 Å². The molecule has 0 atom stereocenters. The fourth-order valence-electron chi connectivity index (χ4n) is 1.84. The predicted octanol–water partition coefficient (Wildman–Crippen LogP) is 2.53. The molecule has 0 bridgehead atoms. The van der Waals surface area contributed by atoms with Crippen molar-refractivity contribution in [2.24, 2.45) is 0 Å². The molecule has 1 aromatic carbocycles. The topological polar surface area (TPSA) is 68.5 Å². The van der Waals surface area contributed by atoms with Crippen LogP contribution in [0, 0.1) is 5.82 Å². The van der Waals surface area contributed by atoms with Gasteiger partial charge in [-0.3, -0.25) is 4.79 Å². The summed E-state index contributed by atoms with van der Waals surface area (Å²) in [6.45, 7) is 1.33. The standard InChI is InChI=1S/C14H12FNO4/c1-8(17)9-5-12(14(18)19)16(7-9)10-3-4-13(20-2)11(15)6-10/h3-7H,1-2H3,(H,18,19). The molecular weight excluding hydrogens is 265 g/mol. The smallest absolute Gasteiger partial charge is 0.352 e. The van der Waals surface area contributed by atoms with Crippen molar-refractivity contribution in [2.45, 2.75) is 6.92 Å². The largest absolute Gasteiger partial charge is 0.494 e. The van der Waals surface area contributed by atoms with Crippen molar-refractivity contribution < 1.29 is 23.8 Å². The molecule has 0 saturated carbocycles. The highest BCUT2D eigenvalue weighted by molar-refractivity contribution is 5.97. The lowest BCUT2D eigenvalue weighted by Gasteiger charge is -2.08. The second kappa shape index (κ2) is 5.16. The number of Topliss-reactive ketones (excluding diaryl/α,β-unsaturated/α-hetero) is 1. The van der Waals surface area contributed by atoms with Crippen LogP contribution in [-0.4, -0.2) is 28.5 Å². The van der Waals surface area contributed by atoms with Gasteiger partial charge in [-0.15, -0.1) is 0 Å². The van der Waals surface area contributed by atoms with Gasteiger partial charge >= 0.3 is 5.97 Å². The number of carbonyl (C=O) groups is 2. The molecule has 0 aliphatic rings. The monoisotopic (exact) mass is 277 g/mol. The molecule has 0 radical (unpaired) electrons. The highest BCUT2D eigenvalue weighted by Gasteiger charge is 2.16. The van der Waals surface area contributed by atoms with E-state index in [1.165, 1.54) is 43.0 Å². The molecule has 20 heavy (non-hydrogen) atoms. The average Bonchev–Trinajstić information content (AvgIpc) is 2.84. The van der Waals surface area contributed by atoms with Gasteiger partial charge in [-0.1, -0.05) is 0 Å². The van der Waals surface area contributed by atoms with Crippen LogP contribution >= 0.6 is 0 Å². The Bertz CT molecular complexity index is 690. The van der Waals surface area contributed by atoms with Gasteiger partial charge in [0.25, 0.3) is 0 Å². The van der Waals surface area contributed by atoms with Gasteiger partial charge in [-0.05, 0) is 25.1 Å². The first kappa shape index (κ1) is 13.8. The van der Waals surface area contributed by atoms with E-state index in [0.29, 0.717) is 5.69 Å². The first-order chi connectivity index (χ1) is 9.43. The Morgan fingerprint density at radius 1 is 1.30 bits per heavy atom. The molecule has 2 rings (SSSR count). The molecule has 0 aliphatic carbocycles. The Kier molecular flexibility index (Phi) is 3.56. The van der Waals surface area contributed by atoms with Crippen molar-refractivity contribution in [3.05, 3.63) is 47.5 Å². The quantitative estimate of drug-likeness (QED) is 0.872. The average molecular weight is 277 g/mol. The molecular formula is C14H12FNO4. The zero-order chi connectivity index (χ0) is 14.9. The summed E-state index contributed by atoms with van der Waals surface area (Å²) in [6, 6.07) is 5.31. The molecule has 0 unspecified atom stereocenters. The molecule has 0 spiro atoms. The third kappa shape index (κ3) is 2.40. The van der Waals surface area contributed by atoms with Crippen molar-refractivity contribution in [3.63, 3.8) is 0 Å². The second-order valence-electron chi connectivity index (χ2n) is 4.16. The summed E-state index contributed by atoms with van der Waals surface area (Å²) in [5.41, 5.74) is 0.437. The number of benzene rings is 1. The number of hydrogen-bond donors (Lipinski definition) is 1. The summed E-state index contributed by atoms with van der Waals surface area (Å²) < 4.78 is 19.7. The predicted molar refractivity (Wildman–Crippen MR) is 69.2 cm³/mol. The zero-order valence-electron chi connectivity index (χ0n) is 10.9. The molecule has 1 N–H and O–H groups in total. The normalized spacial score (nSPS) is 10.3. The van der Waals surface area contributed by atoms with E-state index in [1.807, 2.05) is 0 Å². The maximum Gasteiger partial charge on any atom is 0.352 e. The Hall–Kier alpha value is -2.63. The minimum absolute atomic E-state index is 0.0598. The van der Waals surface area contributed by atoms with Crippen molar-refractivity contribution in [1.82, 2.24) is 4.57 Å². The number of aromatic nitrogens is 1. The Morgan fingerprint density at radius 3 is 2.50 bits per heavy atom. The molecule has 1 heterocycles. The Labute approximate surface area is 114 Å². The first-order valence-electron chi connectivity index (χ1n) is 5.74. The zero-order valence-corrected chi connectivity index (χ0v) is 10.9. The number of carboxylic acids is 1. The van der Waals surface area contributed by atoms with Crippen LogP contribution in [0.1, 0.15) is 27.8 Å². The fourth-order valence-corrected chi connectivity index (χ4v) is 1.84. The van der Waals surface area contributed by atoms with Crippen LogP contribution in [-0.2, 0) is 0 Å². The SMILES string of the molecule is COc1ccc(-n2cc(C(C)=O)cc2C(=O)O)cc1F. The molecule has 0 aliphatic heterocycles. The number of rotatable bonds is 4. The van der Waals surface area contributed by atoms with E-state index < -0.39 is 11.8 Å². The van der Waals surface area contributed by atoms with E-state index in [2.05, 4.69) is 0 Å². The van der Waals surface area contributed by atoms with Crippen molar-refractivity contribution in [3.8, 4) is 11.4 Å². The summed E-state index contributed by atoms with van der Waals surface area (Å²) in [6.07, 6.45) is 1.37. The van der Waals surface area contributed by atoms with E-state index in [1.54, 1.807) is 0 Å². The summed E-state index contributed by atoms with van der Waals surface area (Å²) in [7, 11) is 1.34. The molecule has 6 heteroatoms. The maximum atomic E-state index is 13.7. The van der Waals surface area contributed by atoms with E-state index >= 15 is 0 Å². The fraction of sp³-hybridized carbons (Fsp3) is 0.143. The number of hydrogen-bond acceptors (Lipinski definition) is 3. The van der Waals surface area contributed by atoms with Gasteiger partial charge in [0, 0.05) is 23.5 Å². The third-order valence-electron chi connectivity index (χ3n) is 2.86. The lowest BCUT2D eigenvalue weighted by atomic mass is 10.2. The van der Waals surface area contributed by atoms with Crippen LogP contribution in [0.15, 0.2) is 30.5 Å².